The molecule has 0 aliphatic carbocycles. The Balaban J connectivity index is 2.47. The molecule has 0 N–H and O–H groups in total. The molecular formula is C9H11F3N2OS. The van der Waals surface area contributed by atoms with Gasteiger partial charge in [-0.25, -0.2) is 0 Å². The van der Waals surface area contributed by atoms with Crippen molar-refractivity contribution in [2.45, 2.75) is 38.8 Å². The first-order chi connectivity index (χ1) is 7.44. The van der Waals surface area contributed by atoms with Crippen LogP contribution in [-0.4, -0.2) is 21.5 Å². The molecule has 1 rings (SSSR count). The Kier molecular flexibility index (Phi) is 4.40. The standard InChI is InChI=1S/C9H11F3N2OS/c1-2-6-8(16-14-13-6)7(15)4-3-5-9(10,11)12/h2-5H2,1H3. The highest BCUT2D eigenvalue weighted by atomic mass is 32.1. The van der Waals surface area contributed by atoms with Gasteiger partial charge in [-0.05, 0) is 24.4 Å². The van der Waals surface area contributed by atoms with E-state index in [9.17, 15) is 18.0 Å². The summed E-state index contributed by atoms with van der Waals surface area (Å²) in [6, 6.07) is 0. The quantitative estimate of drug-likeness (QED) is 0.756. The number of ketones is 1. The molecule has 0 atom stereocenters. The molecule has 1 aromatic heterocycles. The molecule has 1 aromatic rings. The van der Waals surface area contributed by atoms with Crippen molar-refractivity contribution < 1.29 is 18.0 Å². The minimum atomic E-state index is -4.19. The van der Waals surface area contributed by atoms with Gasteiger partial charge in [-0.2, -0.15) is 13.2 Å². The van der Waals surface area contributed by atoms with Crippen molar-refractivity contribution in [1.29, 1.82) is 0 Å². The number of aryl methyl sites for hydroxylation is 1. The smallest absolute Gasteiger partial charge is 0.293 e. The molecule has 0 bridgehead atoms. The molecule has 16 heavy (non-hydrogen) atoms. The van der Waals surface area contributed by atoms with E-state index < -0.39 is 12.6 Å². The number of rotatable bonds is 5. The molecule has 1 heterocycles. The molecular weight excluding hydrogens is 241 g/mol. The van der Waals surface area contributed by atoms with Gasteiger partial charge in [0.05, 0.1) is 5.69 Å². The van der Waals surface area contributed by atoms with E-state index in [0.29, 0.717) is 17.0 Å². The zero-order valence-electron chi connectivity index (χ0n) is 8.67. The van der Waals surface area contributed by atoms with E-state index in [1.54, 1.807) is 0 Å². The van der Waals surface area contributed by atoms with Gasteiger partial charge in [-0.1, -0.05) is 11.4 Å². The van der Waals surface area contributed by atoms with Crippen molar-refractivity contribution in [3.05, 3.63) is 10.6 Å². The normalized spacial score (nSPS) is 11.8. The predicted octanol–water partition coefficient (Wildman–Crippen LogP) is 3.02. The zero-order chi connectivity index (χ0) is 12.2. The van der Waals surface area contributed by atoms with Crippen molar-refractivity contribution in [2.24, 2.45) is 0 Å². The van der Waals surface area contributed by atoms with Gasteiger partial charge in [-0.15, -0.1) is 5.10 Å². The van der Waals surface area contributed by atoms with Gasteiger partial charge >= 0.3 is 6.18 Å². The Bertz CT molecular complexity index is 362. The largest absolute Gasteiger partial charge is 0.389 e. The van der Waals surface area contributed by atoms with Crippen LogP contribution in [0.2, 0.25) is 0 Å². The fourth-order valence-corrected chi connectivity index (χ4v) is 1.93. The Morgan fingerprint density at radius 1 is 1.44 bits per heavy atom. The second-order valence-corrected chi connectivity index (χ2v) is 4.05. The lowest BCUT2D eigenvalue weighted by atomic mass is 10.1. The topological polar surface area (TPSA) is 42.9 Å². The summed E-state index contributed by atoms with van der Waals surface area (Å²) >= 11 is 0.948. The third-order valence-electron chi connectivity index (χ3n) is 2.01. The number of nitrogens with zero attached hydrogens (tertiary/aromatic N) is 2. The third-order valence-corrected chi connectivity index (χ3v) is 2.82. The van der Waals surface area contributed by atoms with E-state index in [1.165, 1.54) is 0 Å². The van der Waals surface area contributed by atoms with E-state index in [1.807, 2.05) is 6.92 Å². The number of alkyl halides is 3. The van der Waals surface area contributed by atoms with Crippen LogP contribution in [0.5, 0.6) is 0 Å². The van der Waals surface area contributed by atoms with Crippen molar-refractivity contribution in [3.8, 4) is 0 Å². The Hall–Kier alpha value is -0.980. The van der Waals surface area contributed by atoms with Gasteiger partial charge in [0.25, 0.3) is 0 Å². The second-order valence-electron chi connectivity index (χ2n) is 3.29. The van der Waals surface area contributed by atoms with E-state index >= 15 is 0 Å². The summed E-state index contributed by atoms with van der Waals surface area (Å²) in [4.78, 5) is 11.9. The van der Waals surface area contributed by atoms with Crippen LogP contribution in [0.1, 0.15) is 41.6 Å². The van der Waals surface area contributed by atoms with E-state index in [0.717, 1.165) is 11.5 Å². The van der Waals surface area contributed by atoms with Crippen LogP contribution in [0.25, 0.3) is 0 Å². The van der Waals surface area contributed by atoms with Crippen LogP contribution in [-0.2, 0) is 6.42 Å². The first kappa shape index (κ1) is 13.1. The van der Waals surface area contributed by atoms with Crippen molar-refractivity contribution in [3.63, 3.8) is 0 Å². The van der Waals surface area contributed by atoms with Crippen molar-refractivity contribution in [2.75, 3.05) is 0 Å². The molecule has 3 nitrogen and oxygen atoms in total. The van der Waals surface area contributed by atoms with Gasteiger partial charge in [0.15, 0.2) is 5.78 Å². The number of aromatic nitrogens is 2. The summed E-state index contributed by atoms with van der Waals surface area (Å²) in [5.74, 6) is -0.295. The SMILES string of the molecule is CCc1nnsc1C(=O)CCCC(F)(F)F. The van der Waals surface area contributed by atoms with Crippen LogP contribution in [0.4, 0.5) is 13.2 Å². The number of halogens is 3. The van der Waals surface area contributed by atoms with Crippen LogP contribution in [0, 0.1) is 0 Å². The maximum Gasteiger partial charge on any atom is 0.389 e. The van der Waals surface area contributed by atoms with E-state index in [4.69, 9.17) is 0 Å². The minimum Gasteiger partial charge on any atom is -0.293 e. The number of carbonyl (C=O) groups excluding carboxylic acids is 1. The summed E-state index contributed by atoms with van der Waals surface area (Å²) in [5, 5.41) is 3.74. The summed E-state index contributed by atoms with van der Waals surface area (Å²) in [7, 11) is 0. The first-order valence-electron chi connectivity index (χ1n) is 4.85. The lowest BCUT2D eigenvalue weighted by Crippen LogP contribution is -2.08. The molecule has 0 spiro atoms. The summed E-state index contributed by atoms with van der Waals surface area (Å²) in [6.45, 7) is 1.82. The Morgan fingerprint density at radius 2 is 2.12 bits per heavy atom. The first-order valence-corrected chi connectivity index (χ1v) is 5.62. The number of hydrogen-bond acceptors (Lipinski definition) is 4. The van der Waals surface area contributed by atoms with Crippen LogP contribution in [0.3, 0.4) is 0 Å². The van der Waals surface area contributed by atoms with Crippen LogP contribution >= 0.6 is 11.5 Å². The summed E-state index contributed by atoms with van der Waals surface area (Å²) in [5.41, 5.74) is 0.571. The fourth-order valence-electron chi connectivity index (χ4n) is 1.21. The molecule has 0 radical (unpaired) electrons. The van der Waals surface area contributed by atoms with Gasteiger partial charge in [0, 0.05) is 12.8 Å². The van der Waals surface area contributed by atoms with Gasteiger partial charge in [-0.3, -0.25) is 4.79 Å². The Morgan fingerprint density at radius 3 is 2.69 bits per heavy atom. The van der Waals surface area contributed by atoms with Gasteiger partial charge < -0.3 is 0 Å². The number of hydrogen-bond donors (Lipinski definition) is 0. The molecule has 90 valence electrons. The van der Waals surface area contributed by atoms with Crippen molar-refractivity contribution >= 4 is 17.3 Å². The summed E-state index contributed by atoms with van der Waals surface area (Å²) in [6.07, 6.45) is -4.83. The van der Waals surface area contributed by atoms with Crippen LogP contribution < -0.4 is 0 Å². The molecule has 0 aliphatic rings. The molecule has 0 saturated carbocycles. The average molecular weight is 252 g/mol. The highest BCUT2D eigenvalue weighted by molar-refractivity contribution is 7.08. The van der Waals surface area contributed by atoms with Gasteiger partial charge in [0.1, 0.15) is 4.88 Å². The average Bonchev–Trinajstić information content (AvgIpc) is 2.63. The monoisotopic (exact) mass is 252 g/mol. The zero-order valence-corrected chi connectivity index (χ0v) is 9.49. The highest BCUT2D eigenvalue weighted by Gasteiger charge is 2.27. The lowest BCUT2D eigenvalue weighted by Gasteiger charge is -2.04. The lowest BCUT2D eigenvalue weighted by molar-refractivity contribution is -0.135. The Labute approximate surface area is 94.8 Å². The molecule has 0 amide bonds. The highest BCUT2D eigenvalue weighted by Crippen LogP contribution is 2.23. The maximum atomic E-state index is 11.9. The third kappa shape index (κ3) is 3.88. The van der Waals surface area contributed by atoms with E-state index in [2.05, 4.69) is 9.59 Å². The molecule has 0 saturated heterocycles. The number of carbonyl (C=O) groups is 1. The van der Waals surface area contributed by atoms with Gasteiger partial charge in [0.2, 0.25) is 0 Å². The molecule has 0 fully saturated rings. The molecule has 0 aromatic carbocycles. The maximum absolute atomic E-state index is 11.9. The van der Waals surface area contributed by atoms with Crippen LogP contribution in [0.15, 0.2) is 0 Å². The number of Topliss-reactive ketones (excluding diaryl/α,β-unsaturated/α-hetero) is 1. The molecule has 0 aliphatic heterocycles. The second kappa shape index (κ2) is 5.38. The summed E-state index contributed by atoms with van der Waals surface area (Å²) < 4.78 is 39.2. The molecule has 7 heteroatoms. The van der Waals surface area contributed by atoms with Crippen molar-refractivity contribution in [1.82, 2.24) is 9.59 Å². The minimum absolute atomic E-state index is 0.101. The molecule has 0 unspecified atom stereocenters. The fraction of sp³-hybridized carbons (Fsp3) is 0.667. The van der Waals surface area contributed by atoms with E-state index in [-0.39, 0.29) is 18.6 Å². The predicted molar refractivity (Wildman–Crippen MR) is 53.5 cm³/mol.